The Morgan fingerprint density at radius 1 is 1.36 bits per heavy atom. The zero-order valence-electron chi connectivity index (χ0n) is 15.2. The van der Waals surface area contributed by atoms with Crippen LogP contribution in [0.5, 0.6) is 5.75 Å². The molecule has 5 heteroatoms. The summed E-state index contributed by atoms with van der Waals surface area (Å²) in [5.74, 6) is 1.02. The standard InChI is InChI=1S/C20H25N3O2/c1-13(19-20(24)22-9-8-21-19)18-14(7-10-23(2)3)11-15-12-16(25-4)5-6-17(15)18/h5-6,8-9,11-13,18H,7,10H2,1-4H3,(H,22,24). The van der Waals surface area contributed by atoms with Crippen molar-refractivity contribution in [3.05, 3.63) is 63.3 Å². The van der Waals surface area contributed by atoms with E-state index in [-0.39, 0.29) is 17.4 Å². The van der Waals surface area contributed by atoms with E-state index in [2.05, 4.69) is 54.1 Å². The number of hydrogen-bond acceptors (Lipinski definition) is 4. The molecule has 1 heterocycles. The number of methoxy groups -OCH3 is 1. The van der Waals surface area contributed by atoms with E-state index in [1.54, 1.807) is 19.5 Å². The number of aromatic amines is 1. The average molecular weight is 339 g/mol. The number of aromatic nitrogens is 2. The van der Waals surface area contributed by atoms with Crippen molar-refractivity contribution in [1.82, 2.24) is 14.9 Å². The lowest BCUT2D eigenvalue weighted by Gasteiger charge is -2.24. The minimum Gasteiger partial charge on any atom is -0.497 e. The number of nitrogens with one attached hydrogen (secondary N) is 1. The predicted molar refractivity (Wildman–Crippen MR) is 100 cm³/mol. The third kappa shape index (κ3) is 3.51. The summed E-state index contributed by atoms with van der Waals surface area (Å²) < 4.78 is 5.37. The maximum Gasteiger partial charge on any atom is 0.269 e. The van der Waals surface area contributed by atoms with Crippen LogP contribution in [-0.4, -0.2) is 42.6 Å². The fourth-order valence-electron chi connectivity index (χ4n) is 3.59. The van der Waals surface area contributed by atoms with Gasteiger partial charge < -0.3 is 14.6 Å². The highest BCUT2D eigenvalue weighted by molar-refractivity contribution is 5.68. The summed E-state index contributed by atoms with van der Waals surface area (Å²) in [7, 11) is 5.84. The molecule has 1 aromatic carbocycles. The summed E-state index contributed by atoms with van der Waals surface area (Å²) >= 11 is 0. The number of rotatable bonds is 6. The molecule has 1 aromatic heterocycles. The smallest absolute Gasteiger partial charge is 0.269 e. The van der Waals surface area contributed by atoms with Gasteiger partial charge in [0, 0.05) is 30.8 Å². The van der Waals surface area contributed by atoms with Crippen LogP contribution in [-0.2, 0) is 0 Å². The van der Waals surface area contributed by atoms with Crippen LogP contribution in [0.1, 0.15) is 42.0 Å². The van der Waals surface area contributed by atoms with Gasteiger partial charge in [0.2, 0.25) is 0 Å². The minimum atomic E-state index is -0.107. The average Bonchev–Trinajstić information content (AvgIpc) is 2.97. The lowest BCUT2D eigenvalue weighted by molar-refractivity contribution is 0.407. The van der Waals surface area contributed by atoms with Crippen LogP contribution in [0.15, 0.2) is 41.0 Å². The summed E-state index contributed by atoms with van der Waals surface area (Å²) in [6.45, 7) is 3.06. The molecule has 0 amide bonds. The molecular weight excluding hydrogens is 314 g/mol. The molecule has 2 unspecified atom stereocenters. The highest BCUT2D eigenvalue weighted by atomic mass is 16.5. The van der Waals surface area contributed by atoms with Gasteiger partial charge in [0.05, 0.1) is 7.11 Å². The molecule has 2 atom stereocenters. The molecule has 0 saturated carbocycles. The van der Waals surface area contributed by atoms with Crippen LogP contribution in [0, 0.1) is 0 Å². The topological polar surface area (TPSA) is 58.2 Å². The highest BCUT2D eigenvalue weighted by Gasteiger charge is 2.32. The summed E-state index contributed by atoms with van der Waals surface area (Å²) in [4.78, 5) is 21.5. The Labute approximate surface area is 148 Å². The normalized spacial score (nSPS) is 17.3. The Balaban J connectivity index is 2.01. The first kappa shape index (κ1) is 17.4. The zero-order chi connectivity index (χ0) is 18.0. The second kappa shape index (κ2) is 7.23. The van der Waals surface area contributed by atoms with Crippen molar-refractivity contribution in [2.45, 2.75) is 25.2 Å². The third-order valence-electron chi connectivity index (χ3n) is 4.88. The molecule has 0 aliphatic heterocycles. The summed E-state index contributed by atoms with van der Waals surface area (Å²) in [5, 5.41) is 0. The molecule has 0 bridgehead atoms. The minimum absolute atomic E-state index is 0.00741. The van der Waals surface area contributed by atoms with Crippen molar-refractivity contribution >= 4 is 6.08 Å². The van der Waals surface area contributed by atoms with Gasteiger partial charge in [-0.3, -0.25) is 9.78 Å². The van der Waals surface area contributed by atoms with Crippen molar-refractivity contribution in [3.8, 4) is 5.75 Å². The van der Waals surface area contributed by atoms with Crippen molar-refractivity contribution in [2.75, 3.05) is 27.7 Å². The predicted octanol–water partition coefficient (Wildman–Crippen LogP) is 3.01. The van der Waals surface area contributed by atoms with E-state index >= 15 is 0 Å². The Morgan fingerprint density at radius 3 is 2.84 bits per heavy atom. The first-order chi connectivity index (χ1) is 12.0. The molecule has 1 N–H and O–H groups in total. The lowest BCUT2D eigenvalue weighted by atomic mass is 9.81. The monoisotopic (exact) mass is 339 g/mol. The largest absolute Gasteiger partial charge is 0.497 e. The first-order valence-electron chi connectivity index (χ1n) is 8.58. The van der Waals surface area contributed by atoms with Gasteiger partial charge in [-0.25, -0.2) is 0 Å². The molecule has 5 nitrogen and oxygen atoms in total. The summed E-state index contributed by atoms with van der Waals surface area (Å²) in [6.07, 6.45) is 6.44. The van der Waals surface area contributed by atoms with E-state index in [4.69, 9.17) is 4.74 Å². The number of ether oxygens (including phenoxy) is 1. The van der Waals surface area contributed by atoms with Crippen LogP contribution in [0.4, 0.5) is 0 Å². The second-order valence-corrected chi connectivity index (χ2v) is 6.84. The molecule has 0 radical (unpaired) electrons. The molecule has 3 rings (SSSR count). The van der Waals surface area contributed by atoms with Crippen molar-refractivity contribution in [2.24, 2.45) is 0 Å². The lowest BCUT2D eigenvalue weighted by Crippen LogP contribution is -2.22. The number of fused-ring (bicyclic) bond motifs is 1. The Hall–Kier alpha value is -2.40. The Bertz CT molecular complexity index is 839. The number of H-pyrrole nitrogens is 1. The Morgan fingerprint density at radius 2 is 2.16 bits per heavy atom. The maximum absolute atomic E-state index is 12.2. The molecule has 25 heavy (non-hydrogen) atoms. The summed E-state index contributed by atoms with van der Waals surface area (Å²) in [5.41, 5.74) is 4.25. The van der Waals surface area contributed by atoms with E-state index in [1.165, 1.54) is 16.7 Å². The van der Waals surface area contributed by atoms with E-state index in [9.17, 15) is 4.79 Å². The van der Waals surface area contributed by atoms with Gasteiger partial charge in [-0.05, 0) is 43.8 Å². The third-order valence-corrected chi connectivity index (χ3v) is 4.88. The maximum atomic E-state index is 12.2. The van der Waals surface area contributed by atoms with Gasteiger partial charge in [0.25, 0.3) is 5.56 Å². The van der Waals surface area contributed by atoms with Crippen molar-refractivity contribution in [1.29, 1.82) is 0 Å². The van der Waals surface area contributed by atoms with Gasteiger partial charge in [-0.2, -0.15) is 0 Å². The van der Waals surface area contributed by atoms with Gasteiger partial charge in [0.1, 0.15) is 11.4 Å². The van der Waals surface area contributed by atoms with Crippen LogP contribution in [0.3, 0.4) is 0 Å². The van der Waals surface area contributed by atoms with Gasteiger partial charge in [0.15, 0.2) is 0 Å². The fourth-order valence-corrected chi connectivity index (χ4v) is 3.59. The Kier molecular flexibility index (Phi) is 5.04. The van der Waals surface area contributed by atoms with Crippen molar-refractivity contribution < 1.29 is 4.74 Å². The number of hydrogen-bond donors (Lipinski definition) is 1. The quantitative estimate of drug-likeness (QED) is 0.879. The molecular formula is C20H25N3O2. The number of nitrogens with zero attached hydrogens (tertiary/aromatic N) is 2. The van der Waals surface area contributed by atoms with E-state index in [1.807, 2.05) is 6.07 Å². The second-order valence-electron chi connectivity index (χ2n) is 6.84. The molecule has 2 aromatic rings. The highest BCUT2D eigenvalue weighted by Crippen LogP contribution is 2.46. The molecule has 0 saturated heterocycles. The molecule has 132 valence electrons. The summed E-state index contributed by atoms with van der Waals surface area (Å²) in [6, 6.07) is 6.18. The van der Waals surface area contributed by atoms with Crippen LogP contribution < -0.4 is 10.3 Å². The van der Waals surface area contributed by atoms with Crippen LogP contribution in [0.25, 0.3) is 6.08 Å². The van der Waals surface area contributed by atoms with Gasteiger partial charge in [-0.1, -0.05) is 24.6 Å². The fraction of sp³-hybridized carbons (Fsp3) is 0.400. The van der Waals surface area contributed by atoms with E-state index < -0.39 is 0 Å². The van der Waals surface area contributed by atoms with Crippen LogP contribution >= 0.6 is 0 Å². The first-order valence-corrected chi connectivity index (χ1v) is 8.58. The molecule has 0 fully saturated rings. The van der Waals surface area contributed by atoms with Crippen molar-refractivity contribution in [3.63, 3.8) is 0 Å². The van der Waals surface area contributed by atoms with Gasteiger partial charge >= 0.3 is 0 Å². The van der Waals surface area contributed by atoms with E-state index in [0.717, 1.165) is 18.7 Å². The molecule has 1 aliphatic rings. The molecule has 1 aliphatic carbocycles. The van der Waals surface area contributed by atoms with Crippen LogP contribution in [0.2, 0.25) is 0 Å². The van der Waals surface area contributed by atoms with E-state index in [0.29, 0.717) is 5.69 Å². The molecule has 0 spiro atoms. The zero-order valence-corrected chi connectivity index (χ0v) is 15.2. The SMILES string of the molecule is COc1ccc2c(c1)C=C(CCN(C)C)C2C(C)c1ncc[nH]c1=O. The number of benzene rings is 1. The van der Waals surface area contributed by atoms with Gasteiger partial charge in [-0.15, -0.1) is 0 Å².